The third kappa shape index (κ3) is 1.54. The van der Waals surface area contributed by atoms with Gasteiger partial charge in [0.1, 0.15) is 0 Å². The smallest absolute Gasteiger partial charge is 0.0949 e. The number of hydrogen-bond donors (Lipinski definition) is 0. The number of hydrogen-bond acceptors (Lipinski definition) is 3. The molecule has 0 aliphatic heterocycles. The second kappa shape index (κ2) is 2.64. The molecule has 1 heterocycles. The van der Waals surface area contributed by atoms with Crippen molar-refractivity contribution in [3.05, 3.63) is 24.3 Å². The molecule has 0 N–H and O–H groups in total. The molecule has 0 amide bonds. The van der Waals surface area contributed by atoms with Crippen molar-refractivity contribution < 1.29 is 0 Å². The van der Waals surface area contributed by atoms with Gasteiger partial charge in [-0.1, -0.05) is 12.2 Å². The Morgan fingerprint density at radius 2 is 2.33 bits per heavy atom. The van der Waals surface area contributed by atoms with E-state index in [0.717, 1.165) is 10.6 Å². The fourth-order valence-electron chi connectivity index (χ4n) is 0.481. The first-order chi connectivity index (χ1) is 4.30. The highest BCUT2D eigenvalue weighted by Crippen LogP contribution is 1.91. The summed E-state index contributed by atoms with van der Waals surface area (Å²) in [6.07, 6.45) is 4.91. The highest BCUT2D eigenvalue weighted by molar-refractivity contribution is 7.80. The van der Waals surface area contributed by atoms with Crippen molar-refractivity contribution >= 4 is 17.1 Å². The van der Waals surface area contributed by atoms with Gasteiger partial charge in [-0.15, -0.1) is 0 Å². The average Bonchev–Trinajstić information content (AvgIpc) is 1.90. The summed E-state index contributed by atoms with van der Waals surface area (Å²) in [5.74, 6) is 0. The monoisotopic (exact) mass is 138 g/mol. The summed E-state index contributed by atoms with van der Waals surface area (Å²) in [6.45, 7) is 1.83. The SMILES string of the molecule is CC(=S)c1cnccn1. The molecule has 0 saturated carbocycles. The Morgan fingerprint density at radius 1 is 1.56 bits per heavy atom. The summed E-state index contributed by atoms with van der Waals surface area (Å²) in [4.78, 5) is 8.61. The molecule has 0 bridgehead atoms. The maximum Gasteiger partial charge on any atom is 0.0949 e. The maximum absolute atomic E-state index is 4.86. The molecular formula is C6H6N2S. The normalized spacial score (nSPS) is 9.00. The van der Waals surface area contributed by atoms with Gasteiger partial charge in [-0.3, -0.25) is 9.97 Å². The standard InChI is InChI=1S/C6H6N2S/c1-5(9)6-4-7-2-3-8-6/h2-4H,1H3. The lowest BCUT2D eigenvalue weighted by molar-refractivity contribution is 1.18. The van der Waals surface area contributed by atoms with Crippen LogP contribution in [0.15, 0.2) is 18.6 Å². The van der Waals surface area contributed by atoms with E-state index in [9.17, 15) is 0 Å². The Hall–Kier alpha value is -0.830. The summed E-state index contributed by atoms with van der Waals surface area (Å²) >= 11 is 4.86. The molecule has 0 aliphatic rings. The van der Waals surface area contributed by atoms with Crippen molar-refractivity contribution in [3.8, 4) is 0 Å². The second-order valence-corrected chi connectivity index (χ2v) is 2.26. The molecule has 3 heteroatoms. The molecule has 1 aromatic heterocycles. The van der Waals surface area contributed by atoms with Crippen molar-refractivity contribution in [2.45, 2.75) is 6.92 Å². The van der Waals surface area contributed by atoms with Crippen LogP contribution < -0.4 is 0 Å². The van der Waals surface area contributed by atoms with E-state index in [2.05, 4.69) is 9.97 Å². The van der Waals surface area contributed by atoms with Crippen LogP contribution in [0.1, 0.15) is 12.6 Å². The Bertz CT molecular complexity index is 208. The van der Waals surface area contributed by atoms with Crippen molar-refractivity contribution in [1.82, 2.24) is 9.97 Å². The number of nitrogens with zero attached hydrogens (tertiary/aromatic N) is 2. The molecule has 0 saturated heterocycles. The first-order valence-electron chi connectivity index (χ1n) is 2.57. The lowest BCUT2D eigenvalue weighted by Crippen LogP contribution is -1.93. The predicted octanol–water partition coefficient (Wildman–Crippen LogP) is 1.21. The van der Waals surface area contributed by atoms with E-state index in [1.165, 1.54) is 0 Å². The topological polar surface area (TPSA) is 25.8 Å². The zero-order chi connectivity index (χ0) is 6.69. The third-order valence-electron chi connectivity index (χ3n) is 0.924. The van der Waals surface area contributed by atoms with Crippen molar-refractivity contribution in [1.29, 1.82) is 0 Å². The minimum absolute atomic E-state index is 0.781. The zero-order valence-corrected chi connectivity index (χ0v) is 5.85. The molecule has 46 valence electrons. The molecule has 0 fully saturated rings. The van der Waals surface area contributed by atoms with Crippen LogP contribution in [0.5, 0.6) is 0 Å². The largest absolute Gasteiger partial charge is 0.261 e. The zero-order valence-electron chi connectivity index (χ0n) is 5.03. The number of aromatic nitrogens is 2. The van der Waals surface area contributed by atoms with Crippen LogP contribution in [0, 0.1) is 0 Å². The number of thiocarbonyl (C=S) groups is 1. The van der Waals surface area contributed by atoms with Gasteiger partial charge >= 0.3 is 0 Å². The molecular weight excluding hydrogens is 132 g/mol. The maximum atomic E-state index is 4.86. The van der Waals surface area contributed by atoms with Crippen molar-refractivity contribution in [3.63, 3.8) is 0 Å². The van der Waals surface area contributed by atoms with E-state index >= 15 is 0 Å². The molecule has 1 aromatic rings. The highest BCUT2D eigenvalue weighted by Gasteiger charge is 1.91. The van der Waals surface area contributed by atoms with Gasteiger partial charge < -0.3 is 0 Å². The third-order valence-corrected chi connectivity index (χ3v) is 1.13. The van der Waals surface area contributed by atoms with E-state index in [1.54, 1.807) is 18.6 Å². The molecule has 2 nitrogen and oxygen atoms in total. The fraction of sp³-hybridized carbons (Fsp3) is 0.167. The van der Waals surface area contributed by atoms with Crippen molar-refractivity contribution in [2.24, 2.45) is 0 Å². The summed E-state index contributed by atoms with van der Waals surface area (Å²) in [6, 6.07) is 0. The van der Waals surface area contributed by atoms with E-state index in [4.69, 9.17) is 12.2 Å². The average molecular weight is 138 g/mol. The van der Waals surface area contributed by atoms with Gasteiger partial charge in [0.2, 0.25) is 0 Å². The van der Waals surface area contributed by atoms with Gasteiger partial charge in [0, 0.05) is 17.3 Å². The Balaban J connectivity index is 2.98. The summed E-state index contributed by atoms with van der Waals surface area (Å²) < 4.78 is 0. The molecule has 1 rings (SSSR count). The van der Waals surface area contributed by atoms with Gasteiger partial charge in [-0.2, -0.15) is 0 Å². The van der Waals surface area contributed by atoms with E-state index in [0.29, 0.717) is 0 Å². The molecule has 0 aromatic carbocycles. The second-order valence-electron chi connectivity index (χ2n) is 1.65. The van der Waals surface area contributed by atoms with Crippen LogP contribution in [-0.4, -0.2) is 14.8 Å². The van der Waals surface area contributed by atoms with Crippen molar-refractivity contribution in [2.75, 3.05) is 0 Å². The van der Waals surface area contributed by atoms with Gasteiger partial charge in [0.25, 0.3) is 0 Å². The van der Waals surface area contributed by atoms with Gasteiger partial charge in [0.05, 0.1) is 11.9 Å². The van der Waals surface area contributed by atoms with E-state index in [-0.39, 0.29) is 0 Å². The lowest BCUT2D eigenvalue weighted by Gasteiger charge is -1.90. The van der Waals surface area contributed by atoms with E-state index in [1.807, 2.05) is 6.92 Å². The van der Waals surface area contributed by atoms with Gasteiger partial charge in [-0.05, 0) is 6.92 Å². The highest BCUT2D eigenvalue weighted by atomic mass is 32.1. The Kier molecular flexibility index (Phi) is 1.85. The quantitative estimate of drug-likeness (QED) is 0.431. The Labute approximate surface area is 59.0 Å². The molecule has 0 spiro atoms. The predicted molar refractivity (Wildman–Crippen MR) is 39.4 cm³/mol. The molecule has 0 atom stereocenters. The Morgan fingerprint density at radius 3 is 2.67 bits per heavy atom. The minimum atomic E-state index is 0.781. The summed E-state index contributed by atoms with van der Waals surface area (Å²) in [5, 5.41) is 0. The summed E-state index contributed by atoms with van der Waals surface area (Å²) in [5.41, 5.74) is 0.785. The van der Waals surface area contributed by atoms with Crippen LogP contribution in [0.3, 0.4) is 0 Å². The van der Waals surface area contributed by atoms with Crippen LogP contribution in [0.25, 0.3) is 0 Å². The first kappa shape index (κ1) is 6.29. The van der Waals surface area contributed by atoms with E-state index < -0.39 is 0 Å². The summed E-state index contributed by atoms with van der Waals surface area (Å²) in [7, 11) is 0. The minimum Gasteiger partial charge on any atom is -0.261 e. The van der Waals surface area contributed by atoms with Crippen LogP contribution in [0.4, 0.5) is 0 Å². The first-order valence-corrected chi connectivity index (χ1v) is 2.98. The van der Waals surface area contributed by atoms with Crippen LogP contribution in [-0.2, 0) is 0 Å². The molecule has 0 radical (unpaired) electrons. The molecule has 0 unspecified atom stereocenters. The fourth-order valence-corrected chi connectivity index (χ4v) is 0.586. The molecule has 0 aliphatic carbocycles. The van der Waals surface area contributed by atoms with Crippen LogP contribution >= 0.6 is 12.2 Å². The van der Waals surface area contributed by atoms with Crippen LogP contribution in [0.2, 0.25) is 0 Å². The number of rotatable bonds is 1. The molecule has 9 heavy (non-hydrogen) atoms. The van der Waals surface area contributed by atoms with Gasteiger partial charge in [-0.25, -0.2) is 0 Å². The lowest BCUT2D eigenvalue weighted by atomic mass is 10.4. The van der Waals surface area contributed by atoms with Gasteiger partial charge in [0.15, 0.2) is 0 Å².